The number of hydrogen-bond donors (Lipinski definition) is 1. The Morgan fingerprint density at radius 3 is 2.76 bits per heavy atom. The average molecular weight is 338 g/mol. The molecule has 0 saturated carbocycles. The minimum Gasteiger partial charge on any atom is -0.456 e. The molecule has 25 heavy (non-hydrogen) atoms. The van der Waals surface area contributed by atoms with E-state index >= 15 is 0 Å². The third-order valence-electron chi connectivity index (χ3n) is 3.86. The van der Waals surface area contributed by atoms with Gasteiger partial charge in [0.25, 0.3) is 11.6 Å². The summed E-state index contributed by atoms with van der Waals surface area (Å²) in [4.78, 5) is 30.9. The second kappa shape index (κ2) is 7.17. The zero-order valence-corrected chi connectivity index (χ0v) is 13.8. The van der Waals surface area contributed by atoms with Crippen molar-refractivity contribution in [1.29, 1.82) is 0 Å². The molecular weight excluding hydrogens is 320 g/mol. The number of fused-ring (bicyclic) bond motifs is 1. The second-order valence-electron chi connectivity index (χ2n) is 5.54. The first-order valence-corrected chi connectivity index (χ1v) is 8.02. The van der Waals surface area contributed by atoms with Gasteiger partial charge in [-0.15, -0.1) is 6.58 Å². The molecule has 1 N–H and O–H groups in total. The number of benzene rings is 1. The molecule has 0 saturated heterocycles. The van der Waals surface area contributed by atoms with E-state index in [-0.39, 0.29) is 23.2 Å². The van der Waals surface area contributed by atoms with Crippen LogP contribution in [0.2, 0.25) is 0 Å². The van der Waals surface area contributed by atoms with Gasteiger partial charge in [0.15, 0.2) is 0 Å². The number of rotatable bonds is 6. The van der Waals surface area contributed by atoms with Crippen molar-refractivity contribution in [3.63, 3.8) is 0 Å². The quantitative estimate of drug-likeness (QED) is 0.698. The van der Waals surface area contributed by atoms with E-state index in [0.29, 0.717) is 18.4 Å². The smallest absolute Gasteiger partial charge is 0.337 e. The molecular formula is C19H18N2O4. The number of nitrogens with zero attached hydrogens (tertiary/aromatic N) is 1. The monoisotopic (exact) mass is 338 g/mol. The maximum Gasteiger partial charge on any atom is 0.337 e. The SMILES string of the molecule is C=CCC(Oc1nc2oc(=O)cc(CC)c2c(=O)[nH]1)c1ccccc1. The average Bonchev–Trinajstić information content (AvgIpc) is 2.61. The van der Waals surface area contributed by atoms with Crippen LogP contribution in [0, 0.1) is 0 Å². The summed E-state index contributed by atoms with van der Waals surface area (Å²) >= 11 is 0. The van der Waals surface area contributed by atoms with Crippen molar-refractivity contribution in [2.24, 2.45) is 0 Å². The molecule has 1 atom stereocenters. The van der Waals surface area contributed by atoms with Crippen LogP contribution in [0.4, 0.5) is 0 Å². The molecule has 0 radical (unpaired) electrons. The zero-order valence-electron chi connectivity index (χ0n) is 13.8. The Balaban J connectivity index is 2.05. The van der Waals surface area contributed by atoms with E-state index in [4.69, 9.17) is 9.15 Å². The molecule has 0 aliphatic carbocycles. The summed E-state index contributed by atoms with van der Waals surface area (Å²) < 4.78 is 10.9. The third-order valence-corrected chi connectivity index (χ3v) is 3.86. The van der Waals surface area contributed by atoms with Gasteiger partial charge < -0.3 is 9.15 Å². The van der Waals surface area contributed by atoms with Crippen LogP contribution in [-0.2, 0) is 6.42 Å². The fourth-order valence-electron chi connectivity index (χ4n) is 2.67. The van der Waals surface area contributed by atoms with E-state index in [2.05, 4.69) is 16.5 Å². The number of aromatic nitrogens is 2. The predicted molar refractivity (Wildman–Crippen MR) is 94.9 cm³/mol. The van der Waals surface area contributed by atoms with E-state index in [9.17, 15) is 9.59 Å². The van der Waals surface area contributed by atoms with Crippen molar-refractivity contribution < 1.29 is 9.15 Å². The zero-order chi connectivity index (χ0) is 17.8. The number of H-pyrrole nitrogens is 1. The molecule has 0 spiro atoms. The van der Waals surface area contributed by atoms with Crippen LogP contribution < -0.4 is 15.9 Å². The van der Waals surface area contributed by atoms with Crippen molar-refractivity contribution >= 4 is 11.1 Å². The number of hydrogen-bond acceptors (Lipinski definition) is 5. The molecule has 0 amide bonds. The van der Waals surface area contributed by atoms with Crippen LogP contribution in [0.25, 0.3) is 11.1 Å². The van der Waals surface area contributed by atoms with Crippen LogP contribution in [0.5, 0.6) is 6.01 Å². The molecule has 3 rings (SSSR count). The molecule has 2 aromatic heterocycles. The summed E-state index contributed by atoms with van der Waals surface area (Å²) in [6.45, 7) is 5.59. The number of ether oxygens (including phenoxy) is 1. The lowest BCUT2D eigenvalue weighted by Crippen LogP contribution is -2.17. The maximum absolute atomic E-state index is 12.4. The minimum atomic E-state index is -0.542. The molecule has 0 bridgehead atoms. The van der Waals surface area contributed by atoms with E-state index in [1.165, 1.54) is 6.07 Å². The molecule has 2 heterocycles. The Morgan fingerprint density at radius 2 is 2.08 bits per heavy atom. The highest BCUT2D eigenvalue weighted by atomic mass is 16.5. The van der Waals surface area contributed by atoms with Crippen LogP contribution in [0.3, 0.4) is 0 Å². The summed E-state index contributed by atoms with van der Waals surface area (Å²) in [5, 5.41) is 0.273. The van der Waals surface area contributed by atoms with Crippen molar-refractivity contribution in [3.8, 4) is 6.01 Å². The van der Waals surface area contributed by atoms with Crippen LogP contribution in [0.1, 0.15) is 30.6 Å². The number of aromatic amines is 1. The number of nitrogens with one attached hydrogen (secondary N) is 1. The highest BCUT2D eigenvalue weighted by Gasteiger charge is 2.16. The van der Waals surface area contributed by atoms with Crippen molar-refractivity contribution in [1.82, 2.24) is 9.97 Å². The van der Waals surface area contributed by atoms with Crippen LogP contribution >= 0.6 is 0 Å². The van der Waals surface area contributed by atoms with Gasteiger partial charge in [-0.25, -0.2) is 4.79 Å². The molecule has 6 heteroatoms. The normalized spacial score (nSPS) is 12.0. The Labute approximate surface area is 143 Å². The first kappa shape index (κ1) is 16.7. The molecule has 1 aromatic carbocycles. The lowest BCUT2D eigenvalue weighted by molar-refractivity contribution is 0.190. The summed E-state index contributed by atoms with van der Waals surface area (Å²) in [5.41, 5.74) is 0.560. The highest BCUT2D eigenvalue weighted by Crippen LogP contribution is 2.23. The summed E-state index contributed by atoms with van der Waals surface area (Å²) in [6, 6.07) is 10.9. The van der Waals surface area contributed by atoms with E-state index < -0.39 is 11.2 Å². The van der Waals surface area contributed by atoms with Gasteiger partial charge in [-0.2, -0.15) is 4.98 Å². The van der Waals surface area contributed by atoms with Crippen molar-refractivity contribution in [2.45, 2.75) is 25.9 Å². The van der Waals surface area contributed by atoms with Gasteiger partial charge >= 0.3 is 5.63 Å². The molecule has 6 nitrogen and oxygen atoms in total. The summed E-state index contributed by atoms with van der Waals surface area (Å²) in [5.74, 6) is 0. The Kier molecular flexibility index (Phi) is 4.79. The standard InChI is InChI=1S/C19H18N2O4/c1-3-8-14(13-9-6-5-7-10-13)24-19-20-17(23)16-12(4-2)11-15(22)25-18(16)21-19/h3,5-7,9-11,14H,1,4,8H2,2H3,(H,20,21,23). The largest absolute Gasteiger partial charge is 0.456 e. The molecule has 0 aliphatic heterocycles. The van der Waals surface area contributed by atoms with Gasteiger partial charge in [-0.05, 0) is 17.5 Å². The molecule has 0 aliphatic rings. The lowest BCUT2D eigenvalue weighted by Gasteiger charge is -2.17. The van der Waals surface area contributed by atoms with Gasteiger partial charge in [0, 0.05) is 12.5 Å². The number of aryl methyl sites for hydroxylation is 1. The van der Waals surface area contributed by atoms with Crippen LogP contribution in [-0.4, -0.2) is 9.97 Å². The van der Waals surface area contributed by atoms with Crippen molar-refractivity contribution in [2.75, 3.05) is 0 Å². The minimum absolute atomic E-state index is 0.00426. The van der Waals surface area contributed by atoms with Gasteiger partial charge in [0.05, 0.1) is 0 Å². The molecule has 0 fully saturated rings. The van der Waals surface area contributed by atoms with Gasteiger partial charge in [-0.1, -0.05) is 43.3 Å². The lowest BCUT2D eigenvalue weighted by atomic mass is 10.1. The van der Waals surface area contributed by atoms with Gasteiger partial charge in [0.2, 0.25) is 5.71 Å². The molecule has 1 unspecified atom stereocenters. The fourth-order valence-corrected chi connectivity index (χ4v) is 2.67. The van der Waals surface area contributed by atoms with Crippen molar-refractivity contribution in [3.05, 3.63) is 81.0 Å². The summed E-state index contributed by atoms with van der Waals surface area (Å²) in [6.07, 6.45) is 2.42. The van der Waals surface area contributed by atoms with Crippen LogP contribution in [0.15, 0.2) is 63.1 Å². The maximum atomic E-state index is 12.4. The first-order valence-electron chi connectivity index (χ1n) is 8.02. The fraction of sp³-hybridized carbons (Fsp3) is 0.211. The Bertz CT molecular complexity index is 1010. The molecule has 3 aromatic rings. The Hall–Kier alpha value is -3.15. The topological polar surface area (TPSA) is 85.2 Å². The van der Waals surface area contributed by atoms with Gasteiger partial charge in [-0.3, -0.25) is 9.78 Å². The van der Waals surface area contributed by atoms with Gasteiger partial charge in [0.1, 0.15) is 11.5 Å². The second-order valence-corrected chi connectivity index (χ2v) is 5.54. The predicted octanol–water partition coefficient (Wildman–Crippen LogP) is 3.13. The first-order chi connectivity index (χ1) is 12.1. The highest BCUT2D eigenvalue weighted by molar-refractivity contribution is 5.75. The van der Waals surface area contributed by atoms with E-state index in [0.717, 1.165) is 5.56 Å². The van der Waals surface area contributed by atoms with E-state index in [1.54, 1.807) is 6.08 Å². The summed E-state index contributed by atoms with van der Waals surface area (Å²) in [7, 11) is 0. The Morgan fingerprint density at radius 1 is 1.32 bits per heavy atom. The van der Waals surface area contributed by atoms with E-state index in [1.807, 2.05) is 37.3 Å². The molecule has 128 valence electrons. The third kappa shape index (κ3) is 3.52.